The summed E-state index contributed by atoms with van der Waals surface area (Å²) < 4.78 is 23.3. The zero-order chi connectivity index (χ0) is 27.5. The Morgan fingerprint density at radius 3 is 2.11 bits per heavy atom. The van der Waals surface area contributed by atoms with E-state index in [-0.39, 0.29) is 18.1 Å². The van der Waals surface area contributed by atoms with Gasteiger partial charge in [-0.2, -0.15) is 0 Å². The van der Waals surface area contributed by atoms with E-state index >= 15 is 0 Å². The quantitative estimate of drug-likeness (QED) is 0.311. The minimum Gasteiger partial charge on any atom is -0.487 e. The van der Waals surface area contributed by atoms with Crippen LogP contribution >= 0.6 is 0 Å². The van der Waals surface area contributed by atoms with Crippen LogP contribution in [0.25, 0.3) is 10.9 Å². The summed E-state index contributed by atoms with van der Waals surface area (Å²) in [4.78, 5) is 38.6. The topological polar surface area (TPSA) is 105 Å². The van der Waals surface area contributed by atoms with Crippen molar-refractivity contribution in [2.75, 3.05) is 12.4 Å². The van der Waals surface area contributed by atoms with E-state index in [9.17, 15) is 14.4 Å². The van der Waals surface area contributed by atoms with E-state index in [1.165, 1.54) is 13.2 Å². The molecule has 1 amide bonds. The average molecular weight is 511 g/mol. The highest BCUT2D eigenvalue weighted by Crippen LogP contribution is 2.38. The monoisotopic (exact) mass is 510 g/mol. The minimum absolute atomic E-state index is 0.0335. The molecule has 0 aliphatic heterocycles. The normalized spacial score (nSPS) is 11.7. The number of hydrogen-bond donors (Lipinski definition) is 1. The van der Waals surface area contributed by atoms with Crippen molar-refractivity contribution in [1.82, 2.24) is 4.57 Å². The van der Waals surface area contributed by atoms with Gasteiger partial charge in [-0.05, 0) is 65.7 Å². The lowest BCUT2D eigenvalue weighted by Crippen LogP contribution is -2.29. The van der Waals surface area contributed by atoms with Gasteiger partial charge in [-0.1, -0.05) is 30.3 Å². The van der Waals surface area contributed by atoms with Crippen LogP contribution in [0.2, 0.25) is 0 Å². The molecule has 1 heterocycles. The number of nitrogens with zero attached hydrogens (tertiary/aromatic N) is 1. The average Bonchev–Trinajstić information content (AvgIpc) is 3.19. The highest BCUT2D eigenvalue weighted by atomic mass is 16.6. The van der Waals surface area contributed by atoms with Crippen molar-refractivity contribution < 1.29 is 33.3 Å². The number of aryl methyl sites for hydroxylation is 1. The van der Waals surface area contributed by atoms with Crippen molar-refractivity contribution in [3.63, 3.8) is 0 Å². The number of carbonyl (C=O) groups excluding carboxylic acids is 3. The Hall–Kier alpha value is -4.01. The van der Waals surface area contributed by atoms with Crippen molar-refractivity contribution in [2.45, 2.75) is 66.3 Å². The number of rotatable bonds is 5. The summed E-state index contributed by atoms with van der Waals surface area (Å²) in [6.07, 6.45) is -1.41. The minimum atomic E-state index is -0.820. The number of nitrogens with one attached hydrogen (secondary N) is 1. The summed E-state index contributed by atoms with van der Waals surface area (Å²) in [6.45, 7) is 12.4. The van der Waals surface area contributed by atoms with Gasteiger partial charge in [0.25, 0.3) is 0 Å². The van der Waals surface area contributed by atoms with Gasteiger partial charge in [0.05, 0.1) is 12.8 Å². The number of aromatic nitrogens is 1. The van der Waals surface area contributed by atoms with E-state index in [0.29, 0.717) is 22.2 Å². The Balaban J connectivity index is 2.22. The molecule has 3 rings (SSSR count). The molecule has 0 unspecified atom stereocenters. The summed E-state index contributed by atoms with van der Waals surface area (Å²) in [5.74, 6) is -0.464. The maximum atomic E-state index is 13.3. The third kappa shape index (κ3) is 6.81. The van der Waals surface area contributed by atoms with Crippen molar-refractivity contribution >= 4 is 34.7 Å². The number of amides is 1. The standard InChI is InChI=1S/C28H34N2O7/c1-17-19-14-21(24(31)34-8)30(26(33)37-28(5,6)7)23(19)22(35-16-18-12-10-9-11-13-18)15-20(17)29-25(32)36-27(2,3)4/h9-15H,16H2,1-8H3,(H,29,32). The molecule has 0 fully saturated rings. The largest absolute Gasteiger partial charge is 0.487 e. The Morgan fingerprint density at radius 2 is 1.54 bits per heavy atom. The molecular formula is C28H34N2O7. The highest BCUT2D eigenvalue weighted by Gasteiger charge is 2.29. The van der Waals surface area contributed by atoms with Gasteiger partial charge < -0.3 is 18.9 Å². The van der Waals surface area contributed by atoms with Crippen molar-refractivity contribution in [3.05, 3.63) is 59.3 Å². The molecule has 0 bridgehead atoms. The van der Waals surface area contributed by atoms with Crippen LogP contribution in [0.5, 0.6) is 5.75 Å². The predicted octanol–water partition coefficient (Wildman–Crippen LogP) is 6.45. The molecule has 9 heteroatoms. The van der Waals surface area contributed by atoms with Crippen LogP contribution < -0.4 is 10.1 Å². The van der Waals surface area contributed by atoms with Crippen molar-refractivity contribution in [3.8, 4) is 5.75 Å². The van der Waals surface area contributed by atoms with E-state index in [2.05, 4.69) is 5.32 Å². The molecule has 1 N–H and O–H groups in total. The number of ether oxygens (including phenoxy) is 4. The second-order valence-corrected chi connectivity index (χ2v) is 10.5. The third-order valence-corrected chi connectivity index (χ3v) is 5.16. The summed E-state index contributed by atoms with van der Waals surface area (Å²) in [7, 11) is 1.23. The number of methoxy groups -OCH3 is 1. The van der Waals surface area contributed by atoms with E-state index in [1.54, 1.807) is 54.5 Å². The number of fused-ring (bicyclic) bond motifs is 1. The van der Waals surface area contributed by atoms with E-state index in [0.717, 1.165) is 10.1 Å². The molecule has 2 aromatic carbocycles. The van der Waals surface area contributed by atoms with Crippen LogP contribution in [0.1, 0.15) is 63.2 Å². The number of hydrogen-bond acceptors (Lipinski definition) is 7. The van der Waals surface area contributed by atoms with Gasteiger partial charge in [-0.25, -0.2) is 19.0 Å². The zero-order valence-corrected chi connectivity index (χ0v) is 22.6. The van der Waals surface area contributed by atoms with Crippen molar-refractivity contribution in [2.24, 2.45) is 0 Å². The first-order valence-electron chi connectivity index (χ1n) is 11.9. The lowest BCUT2D eigenvalue weighted by Gasteiger charge is -2.22. The summed E-state index contributed by atoms with van der Waals surface area (Å²) in [5, 5.41) is 3.26. The molecule has 0 aliphatic rings. The SMILES string of the molecule is COC(=O)c1cc2c(C)c(NC(=O)OC(C)(C)C)cc(OCc3ccccc3)c2n1C(=O)OC(C)(C)C. The molecule has 1 aromatic heterocycles. The van der Waals surface area contributed by atoms with Gasteiger partial charge in [0.15, 0.2) is 0 Å². The second-order valence-electron chi connectivity index (χ2n) is 10.5. The predicted molar refractivity (Wildman–Crippen MR) is 140 cm³/mol. The molecule has 3 aromatic rings. The van der Waals surface area contributed by atoms with Gasteiger partial charge in [-0.3, -0.25) is 5.32 Å². The number of esters is 1. The van der Waals surface area contributed by atoms with Crippen LogP contribution in [0.15, 0.2) is 42.5 Å². The summed E-state index contributed by atoms with van der Waals surface area (Å²) >= 11 is 0. The van der Waals surface area contributed by atoms with Crippen LogP contribution in [0.4, 0.5) is 15.3 Å². The van der Waals surface area contributed by atoms with Gasteiger partial charge in [0, 0.05) is 11.5 Å². The lowest BCUT2D eigenvalue weighted by atomic mass is 10.1. The first-order chi connectivity index (χ1) is 17.2. The number of anilines is 1. The molecule has 0 radical (unpaired) electrons. The Labute approximate surface area is 216 Å². The molecule has 0 atom stereocenters. The van der Waals surface area contributed by atoms with Crippen LogP contribution in [-0.4, -0.2) is 41.0 Å². The molecule has 0 spiro atoms. The fourth-order valence-electron chi connectivity index (χ4n) is 3.63. The third-order valence-electron chi connectivity index (χ3n) is 5.16. The van der Waals surface area contributed by atoms with E-state index in [1.807, 2.05) is 30.3 Å². The van der Waals surface area contributed by atoms with Crippen LogP contribution in [0, 0.1) is 6.92 Å². The van der Waals surface area contributed by atoms with Crippen LogP contribution in [0.3, 0.4) is 0 Å². The zero-order valence-electron chi connectivity index (χ0n) is 22.6. The summed E-state index contributed by atoms with van der Waals surface area (Å²) in [6, 6.07) is 12.6. The number of carbonyl (C=O) groups is 3. The second kappa shape index (κ2) is 10.5. The maximum absolute atomic E-state index is 13.3. The number of benzene rings is 2. The summed E-state index contributed by atoms with van der Waals surface area (Å²) in [5.41, 5.74) is 0.655. The van der Waals surface area contributed by atoms with Gasteiger partial charge in [0.1, 0.15) is 34.8 Å². The molecule has 0 aliphatic carbocycles. The maximum Gasteiger partial charge on any atom is 0.419 e. The Morgan fingerprint density at radius 1 is 0.919 bits per heavy atom. The lowest BCUT2D eigenvalue weighted by molar-refractivity contribution is 0.0489. The molecule has 0 saturated carbocycles. The fourth-order valence-corrected chi connectivity index (χ4v) is 3.63. The van der Waals surface area contributed by atoms with Gasteiger partial charge in [-0.15, -0.1) is 0 Å². The first kappa shape index (κ1) is 27.6. The van der Waals surface area contributed by atoms with Gasteiger partial charge in [0.2, 0.25) is 0 Å². The first-order valence-corrected chi connectivity index (χ1v) is 11.9. The van der Waals surface area contributed by atoms with Crippen LogP contribution in [-0.2, 0) is 20.8 Å². The Bertz CT molecular complexity index is 1310. The molecule has 198 valence electrons. The fraction of sp³-hybridized carbons (Fsp3) is 0.393. The molecule has 37 heavy (non-hydrogen) atoms. The van der Waals surface area contributed by atoms with E-state index in [4.69, 9.17) is 18.9 Å². The molecular weight excluding hydrogens is 476 g/mol. The molecule has 0 saturated heterocycles. The molecule has 9 nitrogen and oxygen atoms in total. The van der Waals surface area contributed by atoms with E-state index < -0.39 is 29.4 Å². The smallest absolute Gasteiger partial charge is 0.419 e. The highest BCUT2D eigenvalue weighted by molar-refractivity contribution is 6.06. The van der Waals surface area contributed by atoms with Gasteiger partial charge >= 0.3 is 18.2 Å². The van der Waals surface area contributed by atoms with Crippen molar-refractivity contribution in [1.29, 1.82) is 0 Å². The Kier molecular flexibility index (Phi) is 7.86.